The monoisotopic (exact) mass is 354 g/mol. The minimum absolute atomic E-state index is 0.182. The van der Waals surface area contributed by atoms with E-state index in [1.165, 1.54) is 0 Å². The molecule has 1 N–H and O–H groups in total. The molecule has 3 nitrogen and oxygen atoms in total. The van der Waals surface area contributed by atoms with Crippen molar-refractivity contribution in [2.45, 2.75) is 45.5 Å². The number of rotatable bonds is 10. The molecule has 0 unspecified atom stereocenters. The van der Waals surface area contributed by atoms with E-state index in [0.29, 0.717) is 6.61 Å². The number of methoxy groups -OCH3 is 1. The van der Waals surface area contributed by atoms with E-state index in [4.69, 9.17) is 9.47 Å². The van der Waals surface area contributed by atoms with Gasteiger partial charge in [0.2, 0.25) is 0 Å². The first-order valence-corrected chi connectivity index (χ1v) is 9.24. The number of benzene rings is 2. The predicted octanol–water partition coefficient (Wildman–Crippen LogP) is 5.09. The molecule has 0 spiro atoms. The molecular formula is C23H30O3. The number of hydrogen-bond acceptors (Lipinski definition) is 3. The Morgan fingerprint density at radius 1 is 1.00 bits per heavy atom. The van der Waals surface area contributed by atoms with Crippen LogP contribution in [0.25, 0.3) is 6.08 Å². The van der Waals surface area contributed by atoms with Crippen LogP contribution in [0.1, 0.15) is 37.8 Å². The molecule has 3 atom stereocenters. The van der Waals surface area contributed by atoms with Crippen LogP contribution in [-0.2, 0) is 11.3 Å². The van der Waals surface area contributed by atoms with Gasteiger partial charge in [0.15, 0.2) is 0 Å². The summed E-state index contributed by atoms with van der Waals surface area (Å²) in [6.45, 7) is 4.55. The third kappa shape index (κ3) is 6.66. The van der Waals surface area contributed by atoms with Gasteiger partial charge >= 0.3 is 0 Å². The molecule has 0 bridgehead atoms. The summed E-state index contributed by atoms with van der Waals surface area (Å²) in [5.74, 6) is 1.05. The van der Waals surface area contributed by atoms with Crippen LogP contribution in [0.3, 0.4) is 0 Å². The minimum Gasteiger partial charge on any atom is -0.497 e. The average Bonchev–Trinajstić information content (AvgIpc) is 2.69. The molecule has 0 amide bonds. The van der Waals surface area contributed by atoms with E-state index < -0.39 is 6.10 Å². The Morgan fingerprint density at radius 3 is 2.35 bits per heavy atom. The average molecular weight is 354 g/mol. The smallest absolute Gasteiger partial charge is 0.118 e. The van der Waals surface area contributed by atoms with Crippen molar-refractivity contribution >= 4 is 6.08 Å². The van der Waals surface area contributed by atoms with Crippen LogP contribution in [-0.4, -0.2) is 24.4 Å². The number of ether oxygens (including phenoxy) is 2. The lowest BCUT2D eigenvalue weighted by atomic mass is 9.95. The highest BCUT2D eigenvalue weighted by atomic mass is 16.5. The van der Waals surface area contributed by atoms with Crippen molar-refractivity contribution in [1.29, 1.82) is 0 Å². The van der Waals surface area contributed by atoms with Crippen molar-refractivity contribution in [1.82, 2.24) is 0 Å². The number of hydrogen-bond donors (Lipinski definition) is 1. The van der Waals surface area contributed by atoms with E-state index in [9.17, 15) is 5.11 Å². The Hall–Kier alpha value is -2.10. The molecule has 0 saturated carbocycles. The van der Waals surface area contributed by atoms with Gasteiger partial charge in [0.1, 0.15) is 5.75 Å². The summed E-state index contributed by atoms with van der Waals surface area (Å²) < 4.78 is 11.0. The summed E-state index contributed by atoms with van der Waals surface area (Å²) in [4.78, 5) is 0. The highest BCUT2D eigenvalue weighted by Gasteiger charge is 2.21. The largest absolute Gasteiger partial charge is 0.497 e. The molecule has 0 saturated heterocycles. The van der Waals surface area contributed by atoms with Crippen LogP contribution >= 0.6 is 0 Å². The van der Waals surface area contributed by atoms with Gasteiger partial charge in [-0.25, -0.2) is 0 Å². The van der Waals surface area contributed by atoms with Crippen LogP contribution in [0.4, 0.5) is 0 Å². The zero-order valence-electron chi connectivity index (χ0n) is 16.0. The SMILES string of the molecule is COc1ccc(/C=C/CC[C@H](C)[C@H](O)[C@@H](C)OCc2ccccc2)cc1. The van der Waals surface area contributed by atoms with E-state index in [1.807, 2.05) is 61.5 Å². The maximum Gasteiger partial charge on any atom is 0.118 e. The van der Waals surface area contributed by atoms with Gasteiger partial charge in [-0.2, -0.15) is 0 Å². The quantitative estimate of drug-likeness (QED) is 0.646. The molecule has 0 aliphatic heterocycles. The number of aliphatic hydroxyl groups is 1. The van der Waals surface area contributed by atoms with E-state index in [-0.39, 0.29) is 12.0 Å². The zero-order valence-corrected chi connectivity index (χ0v) is 16.0. The summed E-state index contributed by atoms with van der Waals surface area (Å²) >= 11 is 0. The van der Waals surface area contributed by atoms with E-state index in [1.54, 1.807) is 7.11 Å². The lowest BCUT2D eigenvalue weighted by molar-refractivity contribution is -0.0575. The highest BCUT2D eigenvalue weighted by Crippen LogP contribution is 2.18. The van der Waals surface area contributed by atoms with Crippen molar-refractivity contribution in [2.75, 3.05) is 7.11 Å². The summed E-state index contributed by atoms with van der Waals surface area (Å²) in [5.41, 5.74) is 2.28. The van der Waals surface area contributed by atoms with Crippen LogP contribution in [0, 0.1) is 5.92 Å². The Bertz CT molecular complexity index is 649. The third-order valence-corrected chi connectivity index (χ3v) is 4.63. The number of allylic oxidation sites excluding steroid dienone is 1. The molecule has 0 fully saturated rings. The molecule has 2 aromatic rings. The van der Waals surface area contributed by atoms with Crippen molar-refractivity contribution < 1.29 is 14.6 Å². The highest BCUT2D eigenvalue weighted by molar-refractivity contribution is 5.50. The molecule has 0 aliphatic carbocycles. The second-order valence-electron chi connectivity index (χ2n) is 6.72. The predicted molar refractivity (Wildman–Crippen MR) is 107 cm³/mol. The van der Waals surface area contributed by atoms with Gasteiger partial charge in [-0.15, -0.1) is 0 Å². The van der Waals surface area contributed by atoms with E-state index in [0.717, 1.165) is 29.7 Å². The van der Waals surface area contributed by atoms with Gasteiger partial charge in [0.05, 0.1) is 25.9 Å². The zero-order chi connectivity index (χ0) is 18.8. The molecule has 2 rings (SSSR count). The van der Waals surface area contributed by atoms with E-state index in [2.05, 4.69) is 19.1 Å². The minimum atomic E-state index is -0.465. The lowest BCUT2D eigenvalue weighted by Gasteiger charge is -2.25. The van der Waals surface area contributed by atoms with Crippen LogP contribution in [0.15, 0.2) is 60.7 Å². The fourth-order valence-electron chi connectivity index (χ4n) is 2.83. The normalized spacial score (nSPS) is 14.9. The van der Waals surface area contributed by atoms with Gasteiger partial charge in [0, 0.05) is 0 Å². The first-order valence-electron chi connectivity index (χ1n) is 9.24. The lowest BCUT2D eigenvalue weighted by Crippen LogP contribution is -2.32. The van der Waals surface area contributed by atoms with Crippen molar-refractivity contribution in [3.05, 3.63) is 71.8 Å². The van der Waals surface area contributed by atoms with Crippen molar-refractivity contribution in [2.24, 2.45) is 5.92 Å². The maximum atomic E-state index is 10.5. The van der Waals surface area contributed by atoms with Crippen LogP contribution in [0.5, 0.6) is 5.75 Å². The molecule has 140 valence electrons. The van der Waals surface area contributed by atoms with Crippen LogP contribution in [0.2, 0.25) is 0 Å². The Balaban J connectivity index is 1.71. The fourth-order valence-corrected chi connectivity index (χ4v) is 2.83. The topological polar surface area (TPSA) is 38.7 Å². The Kier molecular flexibility index (Phi) is 8.39. The molecule has 0 aliphatic rings. The standard InChI is InChI=1S/C23H30O3/c1-18(9-7-8-10-20-13-15-22(25-3)16-14-20)23(24)19(2)26-17-21-11-5-4-6-12-21/h4-6,8,10-16,18-19,23-24H,7,9,17H2,1-3H3/b10-8+/t18-,19+,23-/m0/s1. The molecule has 0 radical (unpaired) electrons. The molecule has 26 heavy (non-hydrogen) atoms. The van der Waals surface area contributed by atoms with Crippen molar-refractivity contribution in [3.8, 4) is 5.75 Å². The van der Waals surface area contributed by atoms with Gasteiger partial charge in [-0.1, -0.05) is 61.5 Å². The summed E-state index contributed by atoms with van der Waals surface area (Å²) in [6.07, 6.45) is 5.46. The third-order valence-electron chi connectivity index (χ3n) is 4.63. The first kappa shape index (κ1) is 20.2. The molecule has 0 heterocycles. The second kappa shape index (κ2) is 10.8. The van der Waals surface area contributed by atoms with Gasteiger partial charge in [0.25, 0.3) is 0 Å². The van der Waals surface area contributed by atoms with Gasteiger partial charge in [-0.05, 0) is 48.9 Å². The Morgan fingerprint density at radius 2 is 1.69 bits per heavy atom. The maximum absolute atomic E-state index is 10.5. The van der Waals surface area contributed by atoms with E-state index >= 15 is 0 Å². The Labute approximate surface area is 157 Å². The molecule has 2 aromatic carbocycles. The second-order valence-corrected chi connectivity index (χ2v) is 6.72. The summed E-state index contributed by atoms with van der Waals surface area (Å²) in [6, 6.07) is 18.0. The van der Waals surface area contributed by atoms with Gasteiger partial charge in [-0.3, -0.25) is 0 Å². The molecular weight excluding hydrogens is 324 g/mol. The fraction of sp³-hybridized carbons (Fsp3) is 0.391. The molecule has 3 heteroatoms. The van der Waals surface area contributed by atoms with Crippen LogP contribution < -0.4 is 4.74 Å². The summed E-state index contributed by atoms with van der Waals surface area (Å²) in [7, 11) is 1.67. The van der Waals surface area contributed by atoms with Crippen molar-refractivity contribution in [3.63, 3.8) is 0 Å². The number of aliphatic hydroxyl groups excluding tert-OH is 1. The first-order chi connectivity index (χ1) is 12.6. The van der Waals surface area contributed by atoms with Gasteiger partial charge < -0.3 is 14.6 Å². The summed E-state index contributed by atoms with van der Waals surface area (Å²) in [5, 5.41) is 10.5. The molecule has 0 aromatic heterocycles.